The summed E-state index contributed by atoms with van der Waals surface area (Å²) >= 11 is 1.71. The van der Waals surface area contributed by atoms with Gasteiger partial charge < -0.3 is 10.5 Å². The first kappa shape index (κ1) is 14.9. The second-order valence-corrected chi connectivity index (χ2v) is 5.65. The molecule has 2 rings (SSSR count). The number of nitrogens with two attached hydrogens (primary N) is 1. The molecule has 2 aromatic rings. The zero-order chi connectivity index (χ0) is 14.4. The van der Waals surface area contributed by atoms with Crippen LogP contribution in [0.2, 0.25) is 0 Å². The monoisotopic (exact) mass is 291 g/mol. The Hall–Kier alpha value is -1.52. The molecular formula is C16H18FNOS. The van der Waals surface area contributed by atoms with Gasteiger partial charge in [0.25, 0.3) is 0 Å². The molecule has 0 heterocycles. The van der Waals surface area contributed by atoms with Gasteiger partial charge in [-0.2, -0.15) is 0 Å². The lowest BCUT2D eigenvalue weighted by molar-refractivity contribution is 0.341. The van der Waals surface area contributed by atoms with E-state index in [0.29, 0.717) is 17.9 Å². The highest BCUT2D eigenvalue weighted by atomic mass is 32.2. The Labute approximate surface area is 123 Å². The maximum atomic E-state index is 13.7. The van der Waals surface area contributed by atoms with Crippen molar-refractivity contribution in [2.24, 2.45) is 5.73 Å². The number of thioether (sulfide) groups is 1. The van der Waals surface area contributed by atoms with Crippen LogP contribution in [0.15, 0.2) is 53.4 Å². The summed E-state index contributed by atoms with van der Waals surface area (Å²) in [4.78, 5) is 1.20. The smallest absolute Gasteiger partial charge is 0.131 e. The van der Waals surface area contributed by atoms with Crippen molar-refractivity contribution in [3.63, 3.8) is 0 Å². The topological polar surface area (TPSA) is 35.2 Å². The van der Waals surface area contributed by atoms with Gasteiger partial charge in [-0.15, -0.1) is 11.8 Å². The summed E-state index contributed by atoms with van der Waals surface area (Å²) in [5.41, 5.74) is 6.18. The van der Waals surface area contributed by atoms with Crippen LogP contribution in [0.4, 0.5) is 4.39 Å². The second kappa shape index (κ2) is 7.31. The van der Waals surface area contributed by atoms with Crippen LogP contribution in [-0.4, -0.2) is 12.4 Å². The molecule has 1 atom stereocenters. The normalized spacial score (nSPS) is 12.2. The van der Waals surface area contributed by atoms with E-state index in [1.165, 1.54) is 11.0 Å². The molecule has 0 radical (unpaired) electrons. The average Bonchev–Trinajstić information content (AvgIpc) is 2.44. The fourth-order valence-corrected chi connectivity index (χ4v) is 2.55. The summed E-state index contributed by atoms with van der Waals surface area (Å²) in [6.07, 6.45) is 0. The first-order chi connectivity index (χ1) is 9.66. The minimum absolute atomic E-state index is 0.308. The summed E-state index contributed by atoms with van der Waals surface area (Å²) in [6, 6.07) is 14.6. The lowest BCUT2D eigenvalue weighted by Crippen LogP contribution is -2.08. The highest BCUT2D eigenvalue weighted by Crippen LogP contribution is 2.21. The van der Waals surface area contributed by atoms with Crippen molar-refractivity contribution >= 4 is 11.8 Å². The van der Waals surface area contributed by atoms with Gasteiger partial charge in [-0.1, -0.05) is 24.3 Å². The predicted octanol–water partition coefficient (Wildman–Crippen LogP) is 4.02. The van der Waals surface area contributed by atoms with Crippen LogP contribution >= 0.6 is 11.8 Å². The number of rotatable bonds is 6. The molecule has 0 aliphatic heterocycles. The molecule has 2 aromatic carbocycles. The summed E-state index contributed by atoms with van der Waals surface area (Å²) < 4.78 is 19.3. The van der Waals surface area contributed by atoms with E-state index in [1.54, 1.807) is 30.8 Å². The summed E-state index contributed by atoms with van der Waals surface area (Å²) in [5.74, 6) is 1.05. The summed E-state index contributed by atoms with van der Waals surface area (Å²) in [5, 5.41) is 0. The molecular weight excluding hydrogens is 273 g/mol. The van der Waals surface area contributed by atoms with E-state index in [0.717, 1.165) is 5.75 Å². The van der Waals surface area contributed by atoms with Gasteiger partial charge in [0.05, 0.1) is 6.61 Å². The molecule has 2 N–H and O–H groups in total. The number of benzene rings is 2. The van der Waals surface area contributed by atoms with Crippen LogP contribution in [0.3, 0.4) is 0 Å². The first-order valence-corrected chi connectivity index (χ1v) is 7.51. The van der Waals surface area contributed by atoms with E-state index in [9.17, 15) is 4.39 Å². The average molecular weight is 291 g/mol. The largest absolute Gasteiger partial charge is 0.493 e. The fourth-order valence-electron chi connectivity index (χ4n) is 1.80. The van der Waals surface area contributed by atoms with Gasteiger partial charge in [-0.3, -0.25) is 0 Å². The Morgan fingerprint density at radius 3 is 2.60 bits per heavy atom. The zero-order valence-corrected chi connectivity index (χ0v) is 12.2. The predicted molar refractivity (Wildman–Crippen MR) is 81.7 cm³/mol. The van der Waals surface area contributed by atoms with E-state index in [-0.39, 0.29) is 11.9 Å². The highest BCUT2D eigenvalue weighted by molar-refractivity contribution is 7.99. The van der Waals surface area contributed by atoms with Crippen molar-refractivity contribution in [1.82, 2.24) is 0 Å². The second-order valence-electron chi connectivity index (χ2n) is 4.48. The van der Waals surface area contributed by atoms with E-state index < -0.39 is 0 Å². The Kier molecular flexibility index (Phi) is 5.44. The standard InChI is InChI=1S/C16H18FNOS/c1-12(18)15-8-7-13(11-16(15)17)19-9-10-20-14-5-3-2-4-6-14/h2-8,11-12H,9-10,18H2,1H3/t12-/m1/s1. The molecule has 4 heteroatoms. The van der Waals surface area contributed by atoms with Crippen molar-refractivity contribution in [2.45, 2.75) is 17.9 Å². The van der Waals surface area contributed by atoms with Gasteiger partial charge in [0.15, 0.2) is 0 Å². The van der Waals surface area contributed by atoms with Crippen molar-refractivity contribution < 1.29 is 9.13 Å². The number of halogens is 1. The minimum Gasteiger partial charge on any atom is -0.493 e. The van der Waals surface area contributed by atoms with Gasteiger partial charge in [0.2, 0.25) is 0 Å². The molecule has 0 fully saturated rings. The Balaban J connectivity index is 1.81. The third-order valence-corrected chi connectivity index (χ3v) is 3.80. The summed E-state index contributed by atoms with van der Waals surface area (Å²) in [7, 11) is 0. The molecule has 0 saturated carbocycles. The molecule has 0 aromatic heterocycles. The van der Waals surface area contributed by atoms with Gasteiger partial charge in [-0.05, 0) is 25.1 Å². The highest BCUT2D eigenvalue weighted by Gasteiger charge is 2.07. The van der Waals surface area contributed by atoms with Crippen LogP contribution in [0, 0.1) is 5.82 Å². The first-order valence-electron chi connectivity index (χ1n) is 6.52. The van der Waals surface area contributed by atoms with Gasteiger partial charge in [0.1, 0.15) is 11.6 Å². The third-order valence-electron chi connectivity index (χ3n) is 2.83. The maximum absolute atomic E-state index is 13.7. The van der Waals surface area contributed by atoms with Crippen molar-refractivity contribution in [3.05, 3.63) is 59.9 Å². The van der Waals surface area contributed by atoms with E-state index >= 15 is 0 Å². The van der Waals surface area contributed by atoms with Crippen LogP contribution in [0.25, 0.3) is 0 Å². The maximum Gasteiger partial charge on any atom is 0.131 e. The molecule has 0 unspecified atom stereocenters. The van der Waals surface area contributed by atoms with Gasteiger partial charge in [0, 0.05) is 28.3 Å². The molecule has 2 nitrogen and oxygen atoms in total. The van der Waals surface area contributed by atoms with Crippen molar-refractivity contribution in [3.8, 4) is 5.75 Å². The van der Waals surface area contributed by atoms with Gasteiger partial charge in [-0.25, -0.2) is 4.39 Å². The van der Waals surface area contributed by atoms with E-state index in [1.807, 2.05) is 18.2 Å². The third kappa shape index (κ3) is 4.25. The molecule has 0 spiro atoms. The number of ether oxygens (including phenoxy) is 1. The van der Waals surface area contributed by atoms with Crippen LogP contribution in [-0.2, 0) is 0 Å². The lowest BCUT2D eigenvalue weighted by Gasteiger charge is -2.10. The molecule has 0 bridgehead atoms. The molecule has 0 aliphatic carbocycles. The summed E-state index contributed by atoms with van der Waals surface area (Å²) in [6.45, 7) is 2.30. The van der Waals surface area contributed by atoms with E-state index in [2.05, 4.69) is 12.1 Å². The van der Waals surface area contributed by atoms with Crippen molar-refractivity contribution in [1.29, 1.82) is 0 Å². The van der Waals surface area contributed by atoms with Crippen LogP contribution in [0.5, 0.6) is 5.75 Å². The fraction of sp³-hybridized carbons (Fsp3) is 0.250. The number of hydrogen-bond donors (Lipinski definition) is 1. The SMILES string of the molecule is C[C@@H](N)c1ccc(OCCSc2ccccc2)cc1F. The molecule has 0 saturated heterocycles. The molecule has 0 amide bonds. The minimum atomic E-state index is -0.312. The Morgan fingerprint density at radius 2 is 1.95 bits per heavy atom. The zero-order valence-electron chi connectivity index (χ0n) is 11.4. The molecule has 106 valence electrons. The number of hydrogen-bond acceptors (Lipinski definition) is 3. The van der Waals surface area contributed by atoms with E-state index in [4.69, 9.17) is 10.5 Å². The van der Waals surface area contributed by atoms with Gasteiger partial charge >= 0.3 is 0 Å². The van der Waals surface area contributed by atoms with Crippen molar-refractivity contribution in [2.75, 3.05) is 12.4 Å². The Bertz CT molecular complexity index is 545. The van der Waals surface area contributed by atoms with Crippen LogP contribution in [0.1, 0.15) is 18.5 Å². The molecule has 0 aliphatic rings. The quantitative estimate of drug-likeness (QED) is 0.645. The Morgan fingerprint density at radius 1 is 1.20 bits per heavy atom. The lowest BCUT2D eigenvalue weighted by atomic mass is 10.1. The molecule has 20 heavy (non-hydrogen) atoms. The van der Waals surface area contributed by atoms with Crippen LogP contribution < -0.4 is 10.5 Å².